The fraction of sp³-hybridized carbons (Fsp3) is 0.111. The standard InChI is InChI=1S/C18H14N2O2/c1-2-6-15-9-11-17(12-10-15)18(19-13-21,20-14-22)16-7-4-3-5-8-16/h2-5,7-12H,1,6H2. The summed E-state index contributed by atoms with van der Waals surface area (Å²) in [7, 11) is 0. The first kappa shape index (κ1) is 15.3. The summed E-state index contributed by atoms with van der Waals surface area (Å²) >= 11 is 0. The van der Waals surface area contributed by atoms with Crippen LogP contribution >= 0.6 is 0 Å². The maximum Gasteiger partial charge on any atom is 0.238 e. The molecular formula is C18H14N2O2. The lowest BCUT2D eigenvalue weighted by atomic mass is 9.91. The van der Waals surface area contributed by atoms with Gasteiger partial charge < -0.3 is 0 Å². The van der Waals surface area contributed by atoms with E-state index in [2.05, 4.69) is 16.6 Å². The molecule has 0 atom stereocenters. The summed E-state index contributed by atoms with van der Waals surface area (Å²) in [5.41, 5.74) is 0.805. The number of allylic oxidation sites excluding steroid dienone is 1. The molecule has 108 valence electrons. The minimum Gasteiger partial charge on any atom is -0.211 e. The third kappa shape index (κ3) is 2.99. The summed E-state index contributed by atoms with van der Waals surface area (Å²) < 4.78 is 0. The Balaban J connectivity index is 2.64. The topological polar surface area (TPSA) is 58.9 Å². The average Bonchev–Trinajstić information content (AvgIpc) is 2.56. The molecule has 22 heavy (non-hydrogen) atoms. The zero-order valence-corrected chi connectivity index (χ0v) is 11.9. The van der Waals surface area contributed by atoms with Crippen LogP contribution in [0, 0.1) is 0 Å². The van der Waals surface area contributed by atoms with E-state index in [0.717, 1.165) is 12.0 Å². The molecule has 0 aliphatic carbocycles. The molecule has 0 amide bonds. The number of hydrogen-bond acceptors (Lipinski definition) is 4. The van der Waals surface area contributed by atoms with Crippen LogP contribution in [0.4, 0.5) is 0 Å². The molecule has 0 aromatic heterocycles. The summed E-state index contributed by atoms with van der Waals surface area (Å²) in [4.78, 5) is 29.4. The fourth-order valence-corrected chi connectivity index (χ4v) is 2.29. The second kappa shape index (κ2) is 7.09. The summed E-state index contributed by atoms with van der Waals surface area (Å²) in [6, 6.07) is 16.2. The molecular weight excluding hydrogens is 276 g/mol. The summed E-state index contributed by atoms with van der Waals surface area (Å²) in [6.45, 7) is 3.69. The number of hydrogen-bond donors (Lipinski definition) is 0. The van der Waals surface area contributed by atoms with Gasteiger partial charge in [-0.3, -0.25) is 0 Å². The number of carbonyl (C=O) groups excluding carboxylic acids is 2. The first-order valence-electron chi connectivity index (χ1n) is 6.70. The highest BCUT2D eigenvalue weighted by atomic mass is 16.1. The Morgan fingerprint density at radius 1 is 0.909 bits per heavy atom. The van der Waals surface area contributed by atoms with Gasteiger partial charge in [-0.2, -0.15) is 9.98 Å². The number of benzene rings is 2. The minimum absolute atomic E-state index is 0.596. The van der Waals surface area contributed by atoms with Gasteiger partial charge in [0.25, 0.3) is 0 Å². The lowest BCUT2D eigenvalue weighted by Crippen LogP contribution is -2.22. The van der Waals surface area contributed by atoms with Crippen LogP contribution in [-0.4, -0.2) is 12.2 Å². The molecule has 0 aliphatic rings. The van der Waals surface area contributed by atoms with Gasteiger partial charge in [0.1, 0.15) is 0 Å². The zero-order chi connectivity index (χ0) is 15.8. The van der Waals surface area contributed by atoms with Crippen molar-refractivity contribution in [1.29, 1.82) is 0 Å². The molecule has 0 fully saturated rings. The number of nitrogens with zero attached hydrogens (tertiary/aromatic N) is 2. The molecule has 0 N–H and O–H groups in total. The van der Waals surface area contributed by atoms with Crippen molar-refractivity contribution in [2.75, 3.05) is 0 Å². The van der Waals surface area contributed by atoms with E-state index < -0.39 is 5.66 Å². The van der Waals surface area contributed by atoms with Crippen molar-refractivity contribution in [1.82, 2.24) is 0 Å². The van der Waals surface area contributed by atoms with Crippen molar-refractivity contribution in [2.45, 2.75) is 12.1 Å². The van der Waals surface area contributed by atoms with Gasteiger partial charge in [0.05, 0.1) is 0 Å². The van der Waals surface area contributed by atoms with E-state index in [1.807, 2.05) is 18.2 Å². The number of aliphatic imine (C=N–C) groups is 2. The van der Waals surface area contributed by atoms with Gasteiger partial charge >= 0.3 is 0 Å². The van der Waals surface area contributed by atoms with Crippen LogP contribution in [-0.2, 0) is 21.7 Å². The monoisotopic (exact) mass is 290 g/mol. The van der Waals surface area contributed by atoms with Gasteiger partial charge in [0.2, 0.25) is 17.8 Å². The Morgan fingerprint density at radius 2 is 1.45 bits per heavy atom. The van der Waals surface area contributed by atoms with E-state index in [1.54, 1.807) is 42.5 Å². The quantitative estimate of drug-likeness (QED) is 0.465. The smallest absolute Gasteiger partial charge is 0.211 e. The second-order valence-electron chi connectivity index (χ2n) is 4.63. The normalized spacial score (nSPS) is 12.4. The summed E-state index contributed by atoms with van der Waals surface area (Å²) in [5.74, 6) is 0. The third-order valence-corrected chi connectivity index (χ3v) is 3.33. The summed E-state index contributed by atoms with van der Waals surface area (Å²) in [5, 5.41) is 0. The van der Waals surface area contributed by atoms with E-state index in [1.165, 1.54) is 12.2 Å². The molecule has 2 rings (SSSR count). The van der Waals surface area contributed by atoms with Crippen LogP contribution in [0.5, 0.6) is 0 Å². The molecule has 0 aliphatic heterocycles. The molecule has 4 heteroatoms. The molecule has 0 heterocycles. The van der Waals surface area contributed by atoms with Gasteiger partial charge in [-0.15, -0.1) is 6.58 Å². The zero-order valence-electron chi connectivity index (χ0n) is 11.9. The van der Waals surface area contributed by atoms with Crippen molar-refractivity contribution in [3.63, 3.8) is 0 Å². The maximum absolute atomic E-state index is 10.9. The molecule has 0 spiro atoms. The Bertz CT molecular complexity index is 720. The van der Waals surface area contributed by atoms with Crippen molar-refractivity contribution >= 4 is 12.2 Å². The van der Waals surface area contributed by atoms with Crippen molar-refractivity contribution in [3.05, 3.63) is 83.9 Å². The highest BCUT2D eigenvalue weighted by molar-refractivity contribution is 5.49. The Morgan fingerprint density at radius 3 is 1.95 bits per heavy atom. The highest BCUT2D eigenvalue weighted by Crippen LogP contribution is 2.34. The molecule has 0 bridgehead atoms. The largest absolute Gasteiger partial charge is 0.238 e. The van der Waals surface area contributed by atoms with E-state index >= 15 is 0 Å². The van der Waals surface area contributed by atoms with Crippen LogP contribution in [0.25, 0.3) is 0 Å². The van der Waals surface area contributed by atoms with Crippen LogP contribution in [0.2, 0.25) is 0 Å². The van der Waals surface area contributed by atoms with Gasteiger partial charge in [0.15, 0.2) is 0 Å². The predicted octanol–water partition coefficient (Wildman–Crippen LogP) is 3.29. The van der Waals surface area contributed by atoms with Crippen LogP contribution in [0.1, 0.15) is 16.7 Å². The van der Waals surface area contributed by atoms with Crippen LogP contribution in [0.15, 0.2) is 77.2 Å². The molecule has 0 radical (unpaired) electrons. The van der Waals surface area contributed by atoms with Crippen molar-refractivity contribution in [3.8, 4) is 0 Å². The molecule has 2 aromatic rings. The molecule has 0 saturated heterocycles. The molecule has 0 unspecified atom stereocenters. The Hall–Kier alpha value is -3.06. The first-order valence-corrected chi connectivity index (χ1v) is 6.70. The lowest BCUT2D eigenvalue weighted by molar-refractivity contribution is 0.516. The van der Waals surface area contributed by atoms with Crippen LogP contribution < -0.4 is 0 Å². The first-order chi connectivity index (χ1) is 10.8. The van der Waals surface area contributed by atoms with Gasteiger partial charge in [-0.25, -0.2) is 9.59 Å². The second-order valence-corrected chi connectivity index (χ2v) is 4.63. The molecule has 2 aromatic carbocycles. The van der Waals surface area contributed by atoms with Gasteiger partial charge in [0, 0.05) is 11.1 Å². The van der Waals surface area contributed by atoms with Crippen molar-refractivity contribution < 1.29 is 9.59 Å². The van der Waals surface area contributed by atoms with E-state index in [0.29, 0.717) is 11.1 Å². The Kier molecular flexibility index (Phi) is 4.94. The van der Waals surface area contributed by atoms with E-state index in [9.17, 15) is 9.59 Å². The molecule has 4 nitrogen and oxygen atoms in total. The number of isocyanates is 2. The van der Waals surface area contributed by atoms with Crippen molar-refractivity contribution in [2.24, 2.45) is 9.98 Å². The Labute approximate surface area is 128 Å². The van der Waals surface area contributed by atoms with Gasteiger partial charge in [-0.05, 0) is 12.0 Å². The van der Waals surface area contributed by atoms with Gasteiger partial charge in [-0.1, -0.05) is 60.7 Å². The highest BCUT2D eigenvalue weighted by Gasteiger charge is 2.34. The van der Waals surface area contributed by atoms with E-state index in [4.69, 9.17) is 0 Å². The fourth-order valence-electron chi connectivity index (χ4n) is 2.29. The number of rotatable bonds is 6. The molecule has 0 saturated carbocycles. The maximum atomic E-state index is 10.9. The van der Waals surface area contributed by atoms with Crippen LogP contribution in [0.3, 0.4) is 0 Å². The predicted molar refractivity (Wildman–Crippen MR) is 83.8 cm³/mol. The van der Waals surface area contributed by atoms with E-state index in [-0.39, 0.29) is 0 Å². The average molecular weight is 290 g/mol. The summed E-state index contributed by atoms with van der Waals surface area (Å²) in [6.07, 6.45) is 5.56. The lowest BCUT2D eigenvalue weighted by Gasteiger charge is -2.23. The minimum atomic E-state index is -1.45. The SMILES string of the molecule is C=CCc1ccc(C(N=C=O)(N=C=O)c2ccccc2)cc1. The third-order valence-electron chi connectivity index (χ3n) is 3.33.